The zero-order valence-electron chi connectivity index (χ0n) is 12.5. The predicted octanol–water partition coefficient (Wildman–Crippen LogP) is 2.69. The summed E-state index contributed by atoms with van der Waals surface area (Å²) in [4.78, 5) is 2.07. The highest BCUT2D eigenvalue weighted by Crippen LogP contribution is 2.39. The van der Waals surface area contributed by atoms with E-state index in [4.69, 9.17) is 8.84 Å². The molecule has 0 bridgehead atoms. The fourth-order valence-corrected chi connectivity index (χ4v) is 2.59. The fraction of sp³-hybridized carbons (Fsp3) is 0.833. The summed E-state index contributed by atoms with van der Waals surface area (Å²) in [5.74, 6) is 0.563. The molecule has 0 aliphatic carbocycles. The molecule has 6 heteroatoms. The monoisotopic (exact) mass is 271 g/mol. The molecule has 0 fully saturated rings. The second-order valence-electron chi connectivity index (χ2n) is 6.41. The molecular weight excluding hydrogens is 246 g/mol. The molecule has 1 aromatic heterocycles. The molecule has 104 valence electrons. The topological polar surface area (TPSA) is 51.4 Å². The van der Waals surface area contributed by atoms with Crippen LogP contribution in [0.4, 0.5) is 0 Å². The third-order valence-corrected chi connectivity index (χ3v) is 7.91. The van der Waals surface area contributed by atoms with E-state index in [1.807, 2.05) is 14.1 Å². The Kier molecular flexibility index (Phi) is 4.69. The molecule has 1 aromatic rings. The van der Waals surface area contributed by atoms with Gasteiger partial charge in [0.1, 0.15) is 6.10 Å². The van der Waals surface area contributed by atoms with Crippen molar-refractivity contribution in [1.82, 2.24) is 15.1 Å². The molecule has 1 heterocycles. The van der Waals surface area contributed by atoms with Crippen LogP contribution >= 0.6 is 0 Å². The first-order chi connectivity index (χ1) is 8.13. The van der Waals surface area contributed by atoms with Crippen molar-refractivity contribution in [3.63, 3.8) is 0 Å². The summed E-state index contributed by atoms with van der Waals surface area (Å²) >= 11 is 0. The Morgan fingerprint density at radius 2 is 2.00 bits per heavy atom. The molecular formula is C12H25N3O2Si. The van der Waals surface area contributed by atoms with Crippen molar-refractivity contribution >= 4 is 8.32 Å². The lowest BCUT2D eigenvalue weighted by Crippen LogP contribution is -2.43. The van der Waals surface area contributed by atoms with Crippen LogP contribution in [-0.2, 0) is 4.43 Å². The van der Waals surface area contributed by atoms with Gasteiger partial charge in [-0.3, -0.25) is 0 Å². The molecule has 0 spiro atoms. The molecule has 18 heavy (non-hydrogen) atoms. The van der Waals surface area contributed by atoms with Crippen molar-refractivity contribution in [2.24, 2.45) is 0 Å². The molecule has 0 radical (unpaired) electrons. The molecule has 0 N–H and O–H groups in total. The van der Waals surface area contributed by atoms with Gasteiger partial charge < -0.3 is 13.7 Å². The molecule has 0 amide bonds. The van der Waals surface area contributed by atoms with E-state index >= 15 is 0 Å². The smallest absolute Gasteiger partial charge is 0.244 e. The molecule has 0 aromatic carbocycles. The summed E-state index contributed by atoms with van der Waals surface area (Å²) in [5, 5.41) is 7.90. The van der Waals surface area contributed by atoms with Gasteiger partial charge in [-0.1, -0.05) is 20.8 Å². The number of aromatic nitrogens is 2. The van der Waals surface area contributed by atoms with Crippen LogP contribution in [0.1, 0.15) is 32.8 Å². The van der Waals surface area contributed by atoms with Gasteiger partial charge >= 0.3 is 0 Å². The normalized spacial score (nSPS) is 15.1. The van der Waals surface area contributed by atoms with Crippen molar-refractivity contribution in [3.8, 4) is 0 Å². The second kappa shape index (κ2) is 5.50. The molecule has 5 nitrogen and oxygen atoms in total. The molecule has 0 unspecified atom stereocenters. The van der Waals surface area contributed by atoms with E-state index < -0.39 is 8.32 Å². The zero-order valence-corrected chi connectivity index (χ0v) is 13.5. The number of likely N-dealkylation sites (N-methyl/N-ethyl adjacent to an activating group) is 1. The highest BCUT2D eigenvalue weighted by atomic mass is 28.4. The molecule has 0 aliphatic heterocycles. The lowest BCUT2D eigenvalue weighted by atomic mass is 10.2. The average Bonchev–Trinajstić information content (AvgIpc) is 2.65. The Labute approximate surface area is 111 Å². The van der Waals surface area contributed by atoms with Gasteiger partial charge in [-0.2, -0.15) is 0 Å². The molecule has 0 saturated heterocycles. The van der Waals surface area contributed by atoms with E-state index in [1.54, 1.807) is 0 Å². The van der Waals surface area contributed by atoms with E-state index in [-0.39, 0.29) is 11.1 Å². The van der Waals surface area contributed by atoms with Crippen molar-refractivity contribution < 1.29 is 8.84 Å². The quantitative estimate of drug-likeness (QED) is 0.771. The molecule has 0 saturated carbocycles. The lowest BCUT2D eigenvalue weighted by molar-refractivity contribution is 0.118. The Hall–Kier alpha value is -0.723. The van der Waals surface area contributed by atoms with Crippen LogP contribution in [0, 0.1) is 0 Å². The highest BCUT2D eigenvalue weighted by Gasteiger charge is 2.40. The summed E-state index contributed by atoms with van der Waals surface area (Å²) in [5.41, 5.74) is 0. The Bertz CT molecular complexity index is 358. The summed E-state index contributed by atoms with van der Waals surface area (Å²) < 4.78 is 11.7. The van der Waals surface area contributed by atoms with Gasteiger partial charge in [0.25, 0.3) is 0 Å². The van der Waals surface area contributed by atoms with E-state index in [2.05, 4.69) is 49.0 Å². The van der Waals surface area contributed by atoms with E-state index in [0.29, 0.717) is 5.89 Å². The summed E-state index contributed by atoms with van der Waals surface area (Å²) in [6, 6.07) is 0. The van der Waals surface area contributed by atoms with Gasteiger partial charge in [0.05, 0.1) is 0 Å². The average molecular weight is 271 g/mol. The Balaban J connectivity index is 2.86. The van der Waals surface area contributed by atoms with Crippen LogP contribution in [-0.4, -0.2) is 44.1 Å². The maximum absolute atomic E-state index is 6.36. The van der Waals surface area contributed by atoms with E-state index in [9.17, 15) is 0 Å². The number of nitrogens with zero attached hydrogens (tertiary/aromatic N) is 3. The van der Waals surface area contributed by atoms with Crippen LogP contribution in [0.15, 0.2) is 10.8 Å². The van der Waals surface area contributed by atoms with Crippen molar-refractivity contribution in [1.29, 1.82) is 0 Å². The minimum atomic E-state index is -1.85. The minimum absolute atomic E-state index is 0.150. The van der Waals surface area contributed by atoms with Gasteiger partial charge in [0, 0.05) is 6.54 Å². The van der Waals surface area contributed by atoms with Crippen LogP contribution < -0.4 is 0 Å². The SMILES string of the molecule is CN(C)C[C@H](O[Si](C)(C)C(C)(C)C)c1nnco1. The van der Waals surface area contributed by atoms with E-state index in [0.717, 1.165) is 6.54 Å². The second-order valence-corrected chi connectivity index (χ2v) is 11.2. The zero-order chi connectivity index (χ0) is 14.0. The molecule has 1 atom stereocenters. The third kappa shape index (κ3) is 3.89. The molecule has 0 aliphatic rings. The largest absolute Gasteiger partial charge is 0.425 e. The number of rotatable bonds is 5. The summed E-state index contributed by atoms with van der Waals surface area (Å²) in [6.07, 6.45) is 1.20. The minimum Gasteiger partial charge on any atom is -0.425 e. The van der Waals surface area contributed by atoms with Crippen LogP contribution in [0.25, 0.3) is 0 Å². The molecule has 1 rings (SSSR count). The van der Waals surface area contributed by atoms with Crippen LogP contribution in [0.5, 0.6) is 0 Å². The Morgan fingerprint density at radius 3 is 2.39 bits per heavy atom. The first-order valence-electron chi connectivity index (χ1n) is 6.22. The highest BCUT2D eigenvalue weighted by molar-refractivity contribution is 6.74. The lowest BCUT2D eigenvalue weighted by Gasteiger charge is -2.38. The van der Waals surface area contributed by atoms with Gasteiger partial charge in [0.15, 0.2) is 8.32 Å². The van der Waals surface area contributed by atoms with Gasteiger partial charge in [0.2, 0.25) is 12.3 Å². The van der Waals surface area contributed by atoms with Crippen LogP contribution in [0.3, 0.4) is 0 Å². The van der Waals surface area contributed by atoms with Gasteiger partial charge in [-0.25, -0.2) is 0 Å². The van der Waals surface area contributed by atoms with Gasteiger partial charge in [-0.05, 0) is 32.2 Å². The maximum Gasteiger partial charge on any atom is 0.244 e. The first-order valence-corrected chi connectivity index (χ1v) is 9.13. The third-order valence-electron chi connectivity index (χ3n) is 3.43. The standard InChI is InChI=1S/C12H25N3O2Si/c1-12(2,3)18(6,7)17-10(8-15(4)5)11-14-13-9-16-11/h9-10H,8H2,1-7H3/t10-/m0/s1. The van der Waals surface area contributed by atoms with E-state index in [1.165, 1.54) is 6.39 Å². The maximum atomic E-state index is 6.36. The predicted molar refractivity (Wildman–Crippen MR) is 73.9 cm³/mol. The van der Waals surface area contributed by atoms with Crippen LogP contribution in [0.2, 0.25) is 18.1 Å². The van der Waals surface area contributed by atoms with Crippen molar-refractivity contribution in [2.75, 3.05) is 20.6 Å². The van der Waals surface area contributed by atoms with Crippen molar-refractivity contribution in [3.05, 3.63) is 12.3 Å². The summed E-state index contributed by atoms with van der Waals surface area (Å²) in [7, 11) is 2.18. The number of hydrogen-bond donors (Lipinski definition) is 0. The first kappa shape index (κ1) is 15.3. The summed E-state index contributed by atoms with van der Waals surface area (Å²) in [6.45, 7) is 11.9. The van der Waals surface area contributed by atoms with Crippen molar-refractivity contribution in [2.45, 2.75) is 45.0 Å². The Morgan fingerprint density at radius 1 is 1.39 bits per heavy atom. The van der Waals surface area contributed by atoms with Gasteiger partial charge in [-0.15, -0.1) is 10.2 Å². The fourth-order valence-electron chi connectivity index (χ4n) is 1.35. The number of hydrogen-bond acceptors (Lipinski definition) is 5.